The molecule has 2 N–H and O–H groups in total. The summed E-state index contributed by atoms with van der Waals surface area (Å²) in [5.74, 6) is -0.430. The standard InChI is InChI=1S/C12H11ClN2O3S/c1-18-10-4-7(2-3-9(10)13)14-5-8-6-19-11(15-8)12(16)17/h2-4,6,14H,5H2,1H3,(H,16,17). The predicted octanol–water partition coefficient (Wildman–Crippen LogP) is 3.12. The fourth-order valence-electron chi connectivity index (χ4n) is 1.45. The van der Waals surface area contributed by atoms with E-state index >= 15 is 0 Å². The van der Waals surface area contributed by atoms with Gasteiger partial charge in [-0.05, 0) is 12.1 Å². The largest absolute Gasteiger partial charge is 0.495 e. The van der Waals surface area contributed by atoms with Crippen molar-refractivity contribution in [2.45, 2.75) is 6.54 Å². The van der Waals surface area contributed by atoms with E-state index in [2.05, 4.69) is 10.3 Å². The van der Waals surface area contributed by atoms with E-state index in [1.54, 1.807) is 24.6 Å². The Labute approximate surface area is 118 Å². The van der Waals surface area contributed by atoms with Crippen LogP contribution >= 0.6 is 22.9 Å². The maximum Gasteiger partial charge on any atom is 0.365 e. The van der Waals surface area contributed by atoms with Gasteiger partial charge in [-0.2, -0.15) is 0 Å². The highest BCUT2D eigenvalue weighted by Gasteiger charge is 2.09. The molecular weight excluding hydrogens is 288 g/mol. The zero-order valence-corrected chi connectivity index (χ0v) is 11.6. The van der Waals surface area contributed by atoms with Crippen LogP contribution in [0.2, 0.25) is 5.02 Å². The molecule has 2 aromatic rings. The molecule has 100 valence electrons. The van der Waals surface area contributed by atoms with Crippen molar-refractivity contribution in [1.82, 2.24) is 4.98 Å². The first-order valence-electron chi connectivity index (χ1n) is 5.35. The Morgan fingerprint density at radius 2 is 2.37 bits per heavy atom. The number of aromatic nitrogens is 1. The second-order valence-electron chi connectivity index (χ2n) is 3.65. The molecule has 1 heterocycles. The Balaban J connectivity index is 2.03. The molecule has 0 aliphatic carbocycles. The third-order valence-corrected chi connectivity index (χ3v) is 3.55. The Morgan fingerprint density at radius 3 is 3.00 bits per heavy atom. The van der Waals surface area contributed by atoms with E-state index in [4.69, 9.17) is 21.4 Å². The van der Waals surface area contributed by atoms with Crippen molar-refractivity contribution in [3.05, 3.63) is 39.3 Å². The van der Waals surface area contributed by atoms with Gasteiger partial charge in [0, 0.05) is 17.1 Å². The summed E-state index contributed by atoms with van der Waals surface area (Å²) in [7, 11) is 1.55. The van der Waals surface area contributed by atoms with Crippen molar-refractivity contribution in [2.24, 2.45) is 0 Å². The maximum atomic E-state index is 10.7. The minimum Gasteiger partial charge on any atom is -0.495 e. The van der Waals surface area contributed by atoms with Crippen LogP contribution in [0, 0.1) is 0 Å². The molecule has 0 fully saturated rings. The molecule has 0 aliphatic heterocycles. The molecule has 0 amide bonds. The van der Waals surface area contributed by atoms with E-state index in [0.717, 1.165) is 17.0 Å². The number of aromatic carboxylic acids is 1. The molecule has 0 aliphatic rings. The highest BCUT2D eigenvalue weighted by Crippen LogP contribution is 2.27. The average Bonchev–Trinajstić information content (AvgIpc) is 2.87. The number of carbonyl (C=O) groups is 1. The minimum absolute atomic E-state index is 0.0884. The van der Waals surface area contributed by atoms with Crippen LogP contribution in [0.3, 0.4) is 0 Å². The number of hydrogen-bond acceptors (Lipinski definition) is 5. The molecule has 0 spiro atoms. The molecule has 0 saturated heterocycles. The Kier molecular flexibility index (Phi) is 4.24. The van der Waals surface area contributed by atoms with Gasteiger partial charge in [-0.1, -0.05) is 11.6 Å². The van der Waals surface area contributed by atoms with Crippen LogP contribution in [0.25, 0.3) is 0 Å². The fraction of sp³-hybridized carbons (Fsp3) is 0.167. The number of ether oxygens (including phenoxy) is 1. The number of thiazole rings is 1. The van der Waals surface area contributed by atoms with Crippen molar-refractivity contribution in [1.29, 1.82) is 0 Å². The predicted molar refractivity (Wildman–Crippen MR) is 74.4 cm³/mol. The Morgan fingerprint density at radius 1 is 1.58 bits per heavy atom. The van der Waals surface area contributed by atoms with E-state index in [9.17, 15) is 4.79 Å². The number of carboxylic acid groups (broad SMARTS) is 1. The van der Waals surface area contributed by atoms with Crippen LogP contribution in [0.1, 0.15) is 15.5 Å². The summed E-state index contributed by atoms with van der Waals surface area (Å²) in [6, 6.07) is 5.31. The fourth-order valence-corrected chi connectivity index (χ4v) is 2.30. The lowest BCUT2D eigenvalue weighted by molar-refractivity contribution is 0.0696. The quantitative estimate of drug-likeness (QED) is 0.887. The Bertz CT molecular complexity index is 600. The first-order valence-corrected chi connectivity index (χ1v) is 6.61. The molecular formula is C12H11ClN2O3S. The highest BCUT2D eigenvalue weighted by molar-refractivity contribution is 7.11. The van der Waals surface area contributed by atoms with Crippen LogP contribution in [-0.2, 0) is 6.54 Å². The van der Waals surface area contributed by atoms with Gasteiger partial charge in [0.25, 0.3) is 0 Å². The summed E-state index contributed by atoms with van der Waals surface area (Å²) in [5, 5.41) is 14.2. The summed E-state index contributed by atoms with van der Waals surface area (Å²) in [6.45, 7) is 0.439. The SMILES string of the molecule is COc1cc(NCc2csc(C(=O)O)n2)ccc1Cl. The van der Waals surface area contributed by atoms with Gasteiger partial charge < -0.3 is 15.2 Å². The second kappa shape index (κ2) is 5.90. The number of nitrogens with one attached hydrogen (secondary N) is 1. The van der Waals surface area contributed by atoms with Crippen LogP contribution in [0.4, 0.5) is 5.69 Å². The van der Waals surface area contributed by atoms with Gasteiger partial charge in [0.15, 0.2) is 0 Å². The molecule has 0 radical (unpaired) electrons. The molecule has 0 atom stereocenters. The minimum atomic E-state index is -1.01. The van der Waals surface area contributed by atoms with Crippen LogP contribution in [0.15, 0.2) is 23.6 Å². The number of benzene rings is 1. The molecule has 1 aromatic carbocycles. The molecule has 2 rings (SSSR count). The van der Waals surface area contributed by atoms with E-state index < -0.39 is 5.97 Å². The molecule has 7 heteroatoms. The zero-order valence-electron chi connectivity index (χ0n) is 10.0. The van der Waals surface area contributed by atoms with Gasteiger partial charge >= 0.3 is 5.97 Å². The lowest BCUT2D eigenvalue weighted by Crippen LogP contribution is -2.01. The number of anilines is 1. The van der Waals surface area contributed by atoms with Crippen molar-refractivity contribution in [3.63, 3.8) is 0 Å². The summed E-state index contributed by atoms with van der Waals surface area (Å²) >= 11 is 7.03. The maximum absolute atomic E-state index is 10.7. The van der Waals surface area contributed by atoms with E-state index in [-0.39, 0.29) is 5.01 Å². The van der Waals surface area contributed by atoms with Crippen LogP contribution in [0.5, 0.6) is 5.75 Å². The molecule has 19 heavy (non-hydrogen) atoms. The molecule has 0 saturated carbocycles. The number of hydrogen-bond donors (Lipinski definition) is 2. The van der Waals surface area contributed by atoms with Gasteiger partial charge in [-0.15, -0.1) is 11.3 Å². The number of methoxy groups -OCH3 is 1. The lowest BCUT2D eigenvalue weighted by Gasteiger charge is -2.08. The smallest absolute Gasteiger partial charge is 0.365 e. The topological polar surface area (TPSA) is 71.5 Å². The number of nitrogens with zero attached hydrogens (tertiary/aromatic N) is 1. The highest BCUT2D eigenvalue weighted by atomic mass is 35.5. The van der Waals surface area contributed by atoms with Crippen molar-refractivity contribution in [2.75, 3.05) is 12.4 Å². The van der Waals surface area contributed by atoms with E-state index in [0.29, 0.717) is 23.0 Å². The van der Waals surface area contributed by atoms with E-state index in [1.807, 2.05) is 6.07 Å². The normalized spacial score (nSPS) is 10.2. The average molecular weight is 299 g/mol. The van der Waals surface area contributed by atoms with E-state index in [1.165, 1.54) is 0 Å². The van der Waals surface area contributed by atoms with Crippen molar-refractivity contribution >= 4 is 34.6 Å². The third kappa shape index (κ3) is 3.36. The van der Waals surface area contributed by atoms with Crippen molar-refractivity contribution < 1.29 is 14.6 Å². The summed E-state index contributed by atoms with van der Waals surface area (Å²) in [6.07, 6.45) is 0. The van der Waals surface area contributed by atoms with Gasteiger partial charge in [0.1, 0.15) is 5.75 Å². The second-order valence-corrected chi connectivity index (χ2v) is 4.92. The van der Waals surface area contributed by atoms with Gasteiger partial charge in [-0.3, -0.25) is 0 Å². The first-order chi connectivity index (χ1) is 9.10. The molecule has 5 nitrogen and oxygen atoms in total. The molecule has 0 unspecified atom stereocenters. The first kappa shape index (κ1) is 13.6. The Hall–Kier alpha value is -1.79. The summed E-state index contributed by atoms with van der Waals surface area (Å²) in [4.78, 5) is 14.7. The van der Waals surface area contributed by atoms with Gasteiger partial charge in [-0.25, -0.2) is 9.78 Å². The summed E-state index contributed by atoms with van der Waals surface area (Å²) in [5.41, 5.74) is 1.50. The number of carboxylic acids is 1. The monoisotopic (exact) mass is 298 g/mol. The number of halogens is 1. The van der Waals surface area contributed by atoms with Gasteiger partial charge in [0.2, 0.25) is 5.01 Å². The molecule has 0 bridgehead atoms. The summed E-state index contributed by atoms with van der Waals surface area (Å²) < 4.78 is 5.11. The molecule has 1 aromatic heterocycles. The number of rotatable bonds is 5. The lowest BCUT2D eigenvalue weighted by atomic mass is 10.3. The van der Waals surface area contributed by atoms with Crippen molar-refractivity contribution in [3.8, 4) is 5.75 Å². The van der Waals surface area contributed by atoms with Gasteiger partial charge in [0.05, 0.1) is 24.4 Å². The van der Waals surface area contributed by atoms with Crippen LogP contribution in [-0.4, -0.2) is 23.2 Å². The van der Waals surface area contributed by atoms with Crippen LogP contribution < -0.4 is 10.1 Å². The zero-order chi connectivity index (χ0) is 13.8. The third-order valence-electron chi connectivity index (χ3n) is 2.36.